The zero-order chi connectivity index (χ0) is 15.3. The highest BCUT2D eigenvalue weighted by Crippen LogP contribution is 2.19. The summed E-state index contributed by atoms with van der Waals surface area (Å²) in [5, 5.41) is 4.93. The zero-order valence-corrected chi connectivity index (χ0v) is 13.7. The first-order valence-corrected chi connectivity index (χ1v) is 9.04. The van der Waals surface area contributed by atoms with E-state index in [2.05, 4.69) is 28.9 Å². The lowest BCUT2D eigenvalue weighted by atomic mass is 10.4. The Morgan fingerprint density at radius 1 is 1.29 bits per heavy atom. The molecule has 0 unspecified atom stereocenters. The van der Waals surface area contributed by atoms with Gasteiger partial charge in [0, 0.05) is 29.0 Å². The first kappa shape index (κ1) is 16.1. The molecule has 2 aromatic rings. The lowest BCUT2D eigenvalue weighted by molar-refractivity contribution is 0.580. The van der Waals surface area contributed by atoms with Crippen LogP contribution in [-0.2, 0) is 23.1 Å². The van der Waals surface area contributed by atoms with Gasteiger partial charge in [-0.3, -0.25) is 4.98 Å². The highest BCUT2D eigenvalue weighted by molar-refractivity contribution is 7.89. The predicted molar refractivity (Wildman–Crippen MR) is 84.6 cm³/mol. The summed E-state index contributed by atoms with van der Waals surface area (Å²) in [6.45, 7) is 4.98. The predicted octanol–water partition coefficient (Wildman–Crippen LogP) is 2.12. The van der Waals surface area contributed by atoms with E-state index in [4.69, 9.17) is 0 Å². The number of sulfonamides is 1. The van der Waals surface area contributed by atoms with Crippen molar-refractivity contribution in [2.45, 2.75) is 37.9 Å². The Kier molecular flexibility index (Phi) is 5.46. The topological polar surface area (TPSA) is 71.1 Å². The van der Waals surface area contributed by atoms with Gasteiger partial charge in [-0.25, -0.2) is 13.1 Å². The van der Waals surface area contributed by atoms with E-state index in [0.717, 1.165) is 4.88 Å². The van der Waals surface area contributed by atoms with Crippen molar-refractivity contribution in [2.75, 3.05) is 0 Å². The lowest BCUT2D eigenvalue weighted by Crippen LogP contribution is -2.23. The van der Waals surface area contributed by atoms with E-state index in [1.807, 2.05) is 6.07 Å². The Morgan fingerprint density at radius 3 is 2.76 bits per heavy atom. The fourth-order valence-corrected chi connectivity index (χ4v) is 3.88. The van der Waals surface area contributed by atoms with E-state index in [9.17, 15) is 8.42 Å². The standard InChI is InChI=1S/C14H19N3O2S2/c1-11(2)16-9-13-7-14(10-20-13)21(18,19)17-8-12-5-3-4-6-15-12/h3-7,10-11,16-17H,8-9H2,1-2H3. The lowest BCUT2D eigenvalue weighted by Gasteiger charge is -2.05. The third-order valence-electron chi connectivity index (χ3n) is 2.79. The van der Waals surface area contributed by atoms with Crippen LogP contribution in [0.25, 0.3) is 0 Å². The summed E-state index contributed by atoms with van der Waals surface area (Å²) in [6.07, 6.45) is 1.64. The molecule has 0 aliphatic carbocycles. The molecular formula is C14H19N3O2S2. The van der Waals surface area contributed by atoms with Gasteiger partial charge >= 0.3 is 0 Å². The largest absolute Gasteiger partial charge is 0.310 e. The third-order valence-corrected chi connectivity index (χ3v) is 5.26. The third kappa shape index (κ3) is 4.89. The maximum atomic E-state index is 12.2. The Bertz CT molecular complexity index is 667. The molecular weight excluding hydrogens is 306 g/mol. The van der Waals surface area contributed by atoms with Crippen LogP contribution in [0.2, 0.25) is 0 Å². The first-order valence-electron chi connectivity index (χ1n) is 6.68. The van der Waals surface area contributed by atoms with Gasteiger partial charge in [0.2, 0.25) is 10.0 Å². The normalized spacial score (nSPS) is 12.0. The molecule has 114 valence electrons. The van der Waals surface area contributed by atoms with Crippen LogP contribution in [0, 0.1) is 0 Å². The summed E-state index contributed by atoms with van der Waals surface area (Å²) in [6, 6.07) is 7.49. The van der Waals surface area contributed by atoms with Gasteiger partial charge in [0.05, 0.1) is 17.1 Å². The van der Waals surface area contributed by atoms with Crippen molar-refractivity contribution in [1.82, 2.24) is 15.0 Å². The number of aromatic nitrogens is 1. The molecule has 7 heteroatoms. The van der Waals surface area contributed by atoms with Crippen LogP contribution in [0.5, 0.6) is 0 Å². The van der Waals surface area contributed by atoms with E-state index >= 15 is 0 Å². The maximum Gasteiger partial charge on any atom is 0.241 e. The molecule has 0 fully saturated rings. The van der Waals surface area contributed by atoms with Gasteiger partial charge in [-0.05, 0) is 18.2 Å². The van der Waals surface area contributed by atoms with Gasteiger partial charge in [-0.1, -0.05) is 19.9 Å². The second-order valence-corrected chi connectivity index (χ2v) is 7.69. The number of hydrogen-bond donors (Lipinski definition) is 2. The molecule has 2 heterocycles. The number of nitrogens with zero attached hydrogens (tertiary/aromatic N) is 1. The van der Waals surface area contributed by atoms with Crippen molar-refractivity contribution in [1.29, 1.82) is 0 Å². The number of hydrogen-bond acceptors (Lipinski definition) is 5. The number of pyridine rings is 1. The fraction of sp³-hybridized carbons (Fsp3) is 0.357. The summed E-state index contributed by atoms with van der Waals surface area (Å²) in [5.41, 5.74) is 0.693. The Balaban J connectivity index is 1.99. The van der Waals surface area contributed by atoms with Gasteiger partial charge < -0.3 is 5.32 Å². The second-order valence-electron chi connectivity index (χ2n) is 4.93. The molecule has 0 atom stereocenters. The van der Waals surface area contributed by atoms with Crippen molar-refractivity contribution in [3.05, 3.63) is 46.4 Å². The van der Waals surface area contributed by atoms with Gasteiger partial charge in [-0.15, -0.1) is 11.3 Å². The molecule has 0 amide bonds. The van der Waals surface area contributed by atoms with Crippen LogP contribution in [0.4, 0.5) is 0 Å². The summed E-state index contributed by atoms with van der Waals surface area (Å²) in [4.78, 5) is 5.41. The molecule has 0 bridgehead atoms. The molecule has 0 radical (unpaired) electrons. The van der Waals surface area contributed by atoms with E-state index < -0.39 is 10.0 Å². The molecule has 0 saturated carbocycles. The molecule has 2 N–H and O–H groups in total. The van der Waals surface area contributed by atoms with Crippen LogP contribution in [-0.4, -0.2) is 19.4 Å². The van der Waals surface area contributed by atoms with E-state index in [1.54, 1.807) is 29.8 Å². The van der Waals surface area contributed by atoms with Gasteiger partial charge in [0.1, 0.15) is 0 Å². The maximum absolute atomic E-state index is 12.2. The molecule has 2 rings (SSSR count). The second kappa shape index (κ2) is 7.13. The number of rotatable bonds is 7. The van der Waals surface area contributed by atoms with E-state index in [1.165, 1.54) is 11.3 Å². The highest BCUT2D eigenvalue weighted by atomic mass is 32.2. The van der Waals surface area contributed by atoms with Gasteiger partial charge in [0.15, 0.2) is 0 Å². The molecule has 2 aromatic heterocycles. The highest BCUT2D eigenvalue weighted by Gasteiger charge is 2.16. The minimum absolute atomic E-state index is 0.193. The van der Waals surface area contributed by atoms with Crippen LogP contribution < -0.4 is 10.0 Å². The van der Waals surface area contributed by atoms with Gasteiger partial charge in [0.25, 0.3) is 0 Å². The van der Waals surface area contributed by atoms with Crippen molar-refractivity contribution < 1.29 is 8.42 Å². The zero-order valence-electron chi connectivity index (χ0n) is 12.0. The molecule has 0 aliphatic heterocycles. The molecule has 0 saturated heterocycles. The quantitative estimate of drug-likeness (QED) is 0.818. The molecule has 0 spiro atoms. The summed E-state index contributed by atoms with van der Waals surface area (Å²) in [5.74, 6) is 0. The van der Waals surface area contributed by atoms with Crippen LogP contribution in [0.3, 0.4) is 0 Å². The first-order chi connectivity index (χ1) is 9.97. The van der Waals surface area contributed by atoms with Crippen molar-refractivity contribution in [3.8, 4) is 0 Å². The van der Waals surface area contributed by atoms with Crippen LogP contribution >= 0.6 is 11.3 Å². The summed E-state index contributed by atoms with van der Waals surface area (Å²) >= 11 is 1.44. The SMILES string of the molecule is CC(C)NCc1cc(S(=O)(=O)NCc2ccccn2)cs1. The minimum Gasteiger partial charge on any atom is -0.310 e. The molecule has 5 nitrogen and oxygen atoms in total. The molecule has 0 aromatic carbocycles. The Morgan fingerprint density at radius 2 is 2.10 bits per heavy atom. The molecule has 0 aliphatic rings. The summed E-state index contributed by atoms with van der Waals surface area (Å²) < 4.78 is 27.0. The molecule has 21 heavy (non-hydrogen) atoms. The van der Waals surface area contributed by atoms with E-state index in [0.29, 0.717) is 23.2 Å². The smallest absolute Gasteiger partial charge is 0.241 e. The van der Waals surface area contributed by atoms with Crippen molar-refractivity contribution >= 4 is 21.4 Å². The Labute approximate surface area is 129 Å². The number of nitrogens with one attached hydrogen (secondary N) is 2. The fourth-order valence-electron chi connectivity index (χ4n) is 1.65. The van der Waals surface area contributed by atoms with Crippen LogP contribution in [0.15, 0.2) is 40.7 Å². The van der Waals surface area contributed by atoms with Crippen LogP contribution in [0.1, 0.15) is 24.4 Å². The Hall–Kier alpha value is -1.28. The van der Waals surface area contributed by atoms with Crippen molar-refractivity contribution in [3.63, 3.8) is 0 Å². The minimum atomic E-state index is -3.48. The summed E-state index contributed by atoms with van der Waals surface area (Å²) in [7, 11) is -3.48. The number of thiophene rings is 1. The van der Waals surface area contributed by atoms with E-state index in [-0.39, 0.29) is 6.54 Å². The average molecular weight is 325 g/mol. The van der Waals surface area contributed by atoms with Gasteiger partial charge in [-0.2, -0.15) is 0 Å². The monoisotopic (exact) mass is 325 g/mol. The van der Waals surface area contributed by atoms with Crippen molar-refractivity contribution in [2.24, 2.45) is 0 Å². The average Bonchev–Trinajstić information content (AvgIpc) is 2.94.